The quantitative estimate of drug-likeness (QED) is 0.719. The zero-order valence-corrected chi connectivity index (χ0v) is 14.1. The topological polar surface area (TPSA) is 68.6 Å². The molecule has 1 atom stereocenters. The number of hydrogen-bond donors (Lipinski definition) is 2. The first kappa shape index (κ1) is 16.6. The fraction of sp³-hybridized carbons (Fsp3) is 0.600. The van der Waals surface area contributed by atoms with Crippen molar-refractivity contribution in [3.05, 3.63) is 23.5 Å². The molecule has 1 N–H and O–H groups in total. The Bertz CT molecular complexity index is 537. The molecule has 2 heterocycles. The molecule has 0 aromatic heterocycles. The van der Waals surface area contributed by atoms with Crippen molar-refractivity contribution in [2.45, 2.75) is 31.7 Å². The Morgan fingerprint density at radius 3 is 2.59 bits per heavy atom. The van der Waals surface area contributed by atoms with Crippen LogP contribution >= 0.6 is 12.6 Å². The molecule has 0 radical (unpaired) electrons. The first-order chi connectivity index (χ1) is 10.3. The summed E-state index contributed by atoms with van der Waals surface area (Å²) >= 11 is 4.36. The number of nitriles is 1. The summed E-state index contributed by atoms with van der Waals surface area (Å²) < 4.78 is 5.39. The van der Waals surface area contributed by atoms with E-state index in [1.807, 2.05) is 26.8 Å². The fourth-order valence-corrected chi connectivity index (χ4v) is 2.66. The Morgan fingerprint density at radius 1 is 1.41 bits per heavy atom. The molecule has 0 aliphatic carbocycles. The van der Waals surface area contributed by atoms with Gasteiger partial charge in [0.25, 0.3) is 0 Å². The fourth-order valence-electron chi connectivity index (χ4n) is 2.38. The summed E-state index contributed by atoms with van der Waals surface area (Å²) in [4.78, 5) is 15.9. The number of nitrogens with zero attached hydrogens (tertiary/aromatic N) is 3. The molecular formula is C15H22N4O2S. The second-order valence-corrected chi connectivity index (χ2v) is 6.78. The van der Waals surface area contributed by atoms with E-state index in [0.29, 0.717) is 31.8 Å². The summed E-state index contributed by atoms with van der Waals surface area (Å²) in [6.07, 6.45) is 3.40. The third-order valence-electron chi connectivity index (χ3n) is 3.44. The number of hydrogen-bond acceptors (Lipinski definition) is 6. The molecule has 1 fully saturated rings. The molecule has 0 saturated carbocycles. The van der Waals surface area contributed by atoms with Gasteiger partial charge in [0.05, 0.1) is 17.3 Å². The van der Waals surface area contributed by atoms with Crippen molar-refractivity contribution in [3.63, 3.8) is 0 Å². The van der Waals surface area contributed by atoms with E-state index in [2.05, 4.69) is 28.9 Å². The molecule has 0 bridgehead atoms. The minimum atomic E-state index is -0.484. The summed E-state index contributed by atoms with van der Waals surface area (Å²) in [6.45, 7) is 8.08. The molecule has 7 heteroatoms. The number of thiol groups is 1. The second-order valence-electron chi connectivity index (χ2n) is 6.27. The number of nitrogens with one attached hydrogen (secondary N) is 1. The second kappa shape index (κ2) is 6.53. The van der Waals surface area contributed by atoms with Crippen LogP contribution in [0.5, 0.6) is 0 Å². The van der Waals surface area contributed by atoms with Crippen molar-refractivity contribution in [3.8, 4) is 6.07 Å². The number of carbonyl (C=O) groups is 1. The predicted octanol–water partition coefficient (Wildman–Crippen LogP) is 1.69. The van der Waals surface area contributed by atoms with Gasteiger partial charge < -0.3 is 19.9 Å². The molecular weight excluding hydrogens is 300 g/mol. The van der Waals surface area contributed by atoms with Crippen LogP contribution < -0.4 is 5.32 Å². The Balaban J connectivity index is 1.99. The Morgan fingerprint density at radius 2 is 2.05 bits per heavy atom. The smallest absolute Gasteiger partial charge is 0.410 e. The van der Waals surface area contributed by atoms with E-state index in [9.17, 15) is 10.1 Å². The number of carbonyl (C=O) groups excluding carboxylic acids is 1. The molecule has 1 saturated heterocycles. The van der Waals surface area contributed by atoms with Crippen molar-refractivity contribution in [2.24, 2.45) is 0 Å². The summed E-state index contributed by atoms with van der Waals surface area (Å²) in [5.41, 5.74) is 1.00. The zero-order chi connectivity index (χ0) is 16.3. The van der Waals surface area contributed by atoms with Crippen molar-refractivity contribution < 1.29 is 9.53 Å². The lowest BCUT2D eigenvalue weighted by Gasteiger charge is -2.38. The van der Waals surface area contributed by atoms with Gasteiger partial charge in [-0.15, -0.1) is 12.6 Å². The molecule has 0 spiro atoms. The number of amides is 1. The van der Waals surface area contributed by atoms with Crippen LogP contribution in [0.4, 0.5) is 4.79 Å². The van der Waals surface area contributed by atoms with Gasteiger partial charge in [-0.1, -0.05) is 0 Å². The standard InChI is InChI=1S/C15H22N4O2S/c1-15(2,3)21-14(20)19-8-6-18(7-9-19)12-4-5-17-13(22)11(12)10-16/h4-5,13,17,22H,6-9H2,1-3H3. The molecule has 6 nitrogen and oxygen atoms in total. The van der Waals surface area contributed by atoms with Gasteiger partial charge in [-0.2, -0.15) is 5.26 Å². The predicted molar refractivity (Wildman–Crippen MR) is 87.1 cm³/mol. The molecule has 2 rings (SSSR count). The van der Waals surface area contributed by atoms with Gasteiger partial charge in [0.2, 0.25) is 0 Å². The molecule has 1 amide bonds. The van der Waals surface area contributed by atoms with Crippen molar-refractivity contribution >= 4 is 18.7 Å². The maximum Gasteiger partial charge on any atom is 0.410 e. The van der Waals surface area contributed by atoms with Crippen LogP contribution in [0.15, 0.2) is 23.5 Å². The van der Waals surface area contributed by atoms with Gasteiger partial charge in [-0.05, 0) is 33.0 Å². The van der Waals surface area contributed by atoms with Gasteiger partial charge in [-0.25, -0.2) is 4.79 Å². The van der Waals surface area contributed by atoms with E-state index in [1.165, 1.54) is 0 Å². The lowest BCUT2D eigenvalue weighted by Crippen LogP contribution is -2.50. The van der Waals surface area contributed by atoms with Crippen LogP contribution in [0.2, 0.25) is 0 Å². The highest BCUT2D eigenvalue weighted by Crippen LogP contribution is 2.22. The summed E-state index contributed by atoms with van der Waals surface area (Å²) in [5, 5.41) is 12.0. The van der Waals surface area contributed by atoms with Crippen molar-refractivity contribution in [1.82, 2.24) is 15.1 Å². The molecule has 2 aliphatic heterocycles. The molecule has 120 valence electrons. The molecule has 1 unspecified atom stereocenters. The minimum Gasteiger partial charge on any atom is -0.444 e. The largest absolute Gasteiger partial charge is 0.444 e. The summed E-state index contributed by atoms with van der Waals surface area (Å²) in [5.74, 6) is 0. The van der Waals surface area contributed by atoms with Crippen LogP contribution in [0.3, 0.4) is 0 Å². The Labute approximate surface area is 136 Å². The maximum atomic E-state index is 12.1. The normalized spacial score (nSPS) is 22.2. The van der Waals surface area contributed by atoms with Crippen LogP contribution in [0, 0.1) is 11.3 Å². The van der Waals surface area contributed by atoms with E-state index >= 15 is 0 Å². The number of dihydropyridines is 1. The highest BCUT2D eigenvalue weighted by atomic mass is 32.1. The lowest BCUT2D eigenvalue weighted by atomic mass is 10.1. The average Bonchev–Trinajstić information content (AvgIpc) is 2.45. The number of allylic oxidation sites excluding steroid dienone is 1. The highest BCUT2D eigenvalue weighted by Gasteiger charge is 2.28. The Kier molecular flexibility index (Phi) is 4.91. The SMILES string of the molecule is CC(C)(C)OC(=O)N1CCN(C2=C(C#N)C(S)NC=C2)CC1. The summed E-state index contributed by atoms with van der Waals surface area (Å²) in [7, 11) is 0. The van der Waals surface area contributed by atoms with Crippen LogP contribution in [-0.2, 0) is 4.74 Å². The maximum absolute atomic E-state index is 12.1. The van der Waals surface area contributed by atoms with Gasteiger partial charge >= 0.3 is 6.09 Å². The van der Waals surface area contributed by atoms with Crippen molar-refractivity contribution in [2.75, 3.05) is 26.2 Å². The van der Waals surface area contributed by atoms with E-state index in [4.69, 9.17) is 4.74 Å². The molecule has 0 aromatic rings. The first-order valence-corrected chi connectivity index (χ1v) is 7.81. The van der Waals surface area contributed by atoms with Gasteiger partial charge in [0, 0.05) is 26.2 Å². The monoisotopic (exact) mass is 322 g/mol. The molecule has 22 heavy (non-hydrogen) atoms. The van der Waals surface area contributed by atoms with E-state index in [1.54, 1.807) is 11.1 Å². The lowest BCUT2D eigenvalue weighted by molar-refractivity contribution is 0.0170. The highest BCUT2D eigenvalue weighted by molar-refractivity contribution is 7.81. The van der Waals surface area contributed by atoms with Crippen LogP contribution in [-0.4, -0.2) is 53.0 Å². The number of piperazine rings is 1. The van der Waals surface area contributed by atoms with E-state index in [0.717, 1.165) is 5.70 Å². The molecule has 0 aromatic carbocycles. The van der Waals surface area contributed by atoms with Crippen LogP contribution in [0.1, 0.15) is 20.8 Å². The van der Waals surface area contributed by atoms with E-state index in [-0.39, 0.29) is 11.5 Å². The first-order valence-electron chi connectivity index (χ1n) is 7.29. The third kappa shape index (κ3) is 3.89. The average molecular weight is 322 g/mol. The third-order valence-corrected chi connectivity index (χ3v) is 3.84. The van der Waals surface area contributed by atoms with E-state index < -0.39 is 5.60 Å². The van der Waals surface area contributed by atoms with Crippen molar-refractivity contribution in [1.29, 1.82) is 5.26 Å². The van der Waals surface area contributed by atoms with Gasteiger partial charge in [0.15, 0.2) is 0 Å². The Hall–Kier alpha value is -1.81. The van der Waals surface area contributed by atoms with Gasteiger partial charge in [0.1, 0.15) is 11.0 Å². The summed E-state index contributed by atoms with van der Waals surface area (Å²) in [6, 6.07) is 2.21. The van der Waals surface area contributed by atoms with Crippen LogP contribution in [0.25, 0.3) is 0 Å². The zero-order valence-electron chi connectivity index (χ0n) is 13.2. The minimum absolute atomic E-state index is 0.283. The molecule has 2 aliphatic rings. The van der Waals surface area contributed by atoms with Gasteiger partial charge in [-0.3, -0.25) is 0 Å². The number of rotatable bonds is 1. The number of ether oxygens (including phenoxy) is 1.